The molecule has 0 bridgehead atoms. The van der Waals surface area contributed by atoms with Crippen LogP contribution in [-0.4, -0.2) is 45.9 Å². The van der Waals surface area contributed by atoms with Crippen molar-refractivity contribution in [2.24, 2.45) is 5.14 Å². The molecule has 0 saturated carbocycles. The fourth-order valence-corrected chi connectivity index (χ4v) is 2.25. The second-order valence-electron chi connectivity index (χ2n) is 4.61. The zero-order valence-corrected chi connectivity index (χ0v) is 14.6. The van der Waals surface area contributed by atoms with E-state index >= 15 is 0 Å². The lowest BCUT2D eigenvalue weighted by Crippen LogP contribution is -2.31. The molecule has 10 nitrogen and oxygen atoms in total. The number of nitro benzene ring substituents is 1. The Morgan fingerprint density at radius 3 is 2.50 bits per heavy atom. The quantitative estimate of drug-likeness (QED) is 0.262. The van der Waals surface area contributed by atoms with E-state index in [1.54, 1.807) is 7.05 Å². The van der Waals surface area contributed by atoms with Gasteiger partial charge in [0.15, 0.2) is 0 Å². The minimum absolute atomic E-state index is 0. The predicted molar refractivity (Wildman–Crippen MR) is 91.8 cm³/mol. The summed E-state index contributed by atoms with van der Waals surface area (Å²) in [7, 11) is -2.26. The molecule has 0 unspecified atom stereocenters. The van der Waals surface area contributed by atoms with E-state index in [9.17, 15) is 23.3 Å². The maximum absolute atomic E-state index is 11.5. The molecular formula is C12H20ClN5O5S. The van der Waals surface area contributed by atoms with Crippen LogP contribution in [0.15, 0.2) is 23.1 Å². The first-order chi connectivity index (χ1) is 10.8. The zero-order chi connectivity index (χ0) is 17.5. The van der Waals surface area contributed by atoms with Crippen LogP contribution in [0.1, 0.15) is 6.42 Å². The molecule has 12 heteroatoms. The molecular weight excluding hydrogens is 362 g/mol. The van der Waals surface area contributed by atoms with E-state index in [4.69, 9.17) is 5.14 Å². The van der Waals surface area contributed by atoms with Crippen molar-refractivity contribution < 1.29 is 18.1 Å². The number of amides is 1. The van der Waals surface area contributed by atoms with Crippen molar-refractivity contribution in [1.29, 1.82) is 0 Å². The fraction of sp³-hybridized carbons (Fsp3) is 0.417. The molecule has 0 atom stereocenters. The molecule has 136 valence electrons. The smallest absolute Gasteiger partial charge is 0.293 e. The second kappa shape index (κ2) is 10.0. The molecule has 0 aliphatic carbocycles. The van der Waals surface area contributed by atoms with Crippen molar-refractivity contribution in [3.8, 4) is 0 Å². The number of halogens is 1. The Bertz CT molecular complexity index is 682. The monoisotopic (exact) mass is 381 g/mol. The molecule has 5 N–H and O–H groups in total. The SMILES string of the molecule is CNCCNC(=O)CCNc1ccc(S(N)(=O)=O)cc1[N+](=O)[O-].Cl. The van der Waals surface area contributed by atoms with Gasteiger partial charge in [0, 0.05) is 32.1 Å². The summed E-state index contributed by atoms with van der Waals surface area (Å²) in [4.78, 5) is 21.5. The predicted octanol–water partition coefficient (Wildman–Crippen LogP) is -0.198. The van der Waals surface area contributed by atoms with E-state index in [0.29, 0.717) is 13.1 Å². The summed E-state index contributed by atoms with van der Waals surface area (Å²) in [6.07, 6.45) is 0.123. The third-order valence-corrected chi connectivity index (χ3v) is 3.77. The van der Waals surface area contributed by atoms with Gasteiger partial charge in [0.25, 0.3) is 5.69 Å². The first-order valence-electron chi connectivity index (χ1n) is 6.72. The van der Waals surface area contributed by atoms with Crippen molar-refractivity contribution in [2.75, 3.05) is 32.0 Å². The van der Waals surface area contributed by atoms with E-state index in [1.165, 1.54) is 6.07 Å². The number of anilines is 1. The summed E-state index contributed by atoms with van der Waals surface area (Å²) in [5, 5.41) is 24.2. The average molecular weight is 382 g/mol. The maximum Gasteiger partial charge on any atom is 0.293 e. The Morgan fingerprint density at radius 1 is 1.29 bits per heavy atom. The van der Waals surface area contributed by atoms with Gasteiger partial charge in [0.2, 0.25) is 15.9 Å². The van der Waals surface area contributed by atoms with Crippen molar-refractivity contribution in [3.63, 3.8) is 0 Å². The Morgan fingerprint density at radius 2 is 1.96 bits per heavy atom. The summed E-state index contributed by atoms with van der Waals surface area (Å²) >= 11 is 0. The summed E-state index contributed by atoms with van der Waals surface area (Å²) < 4.78 is 22.4. The molecule has 0 aliphatic rings. The Balaban J connectivity index is 0.00000529. The van der Waals surface area contributed by atoms with E-state index in [0.717, 1.165) is 12.1 Å². The van der Waals surface area contributed by atoms with Crippen LogP contribution >= 0.6 is 12.4 Å². The van der Waals surface area contributed by atoms with Crippen LogP contribution in [0.4, 0.5) is 11.4 Å². The topological polar surface area (TPSA) is 156 Å². The van der Waals surface area contributed by atoms with Crippen LogP contribution in [0, 0.1) is 10.1 Å². The third-order valence-electron chi connectivity index (χ3n) is 2.86. The summed E-state index contributed by atoms with van der Waals surface area (Å²) in [6.45, 7) is 1.29. The largest absolute Gasteiger partial charge is 0.379 e. The van der Waals surface area contributed by atoms with E-state index in [2.05, 4.69) is 16.0 Å². The van der Waals surface area contributed by atoms with Gasteiger partial charge in [0.05, 0.1) is 9.82 Å². The lowest BCUT2D eigenvalue weighted by Gasteiger charge is -2.09. The van der Waals surface area contributed by atoms with Crippen LogP contribution in [0.25, 0.3) is 0 Å². The highest BCUT2D eigenvalue weighted by Gasteiger charge is 2.18. The molecule has 0 saturated heterocycles. The first-order valence-corrected chi connectivity index (χ1v) is 8.26. The Labute approximate surface area is 145 Å². The van der Waals surface area contributed by atoms with Crippen molar-refractivity contribution in [2.45, 2.75) is 11.3 Å². The van der Waals surface area contributed by atoms with Crippen molar-refractivity contribution >= 4 is 39.7 Å². The van der Waals surface area contributed by atoms with Gasteiger partial charge in [-0.3, -0.25) is 14.9 Å². The number of rotatable bonds is 9. The van der Waals surface area contributed by atoms with Gasteiger partial charge in [-0.25, -0.2) is 13.6 Å². The van der Waals surface area contributed by atoms with Crippen LogP contribution in [0.3, 0.4) is 0 Å². The lowest BCUT2D eigenvalue weighted by atomic mass is 10.2. The standard InChI is InChI=1S/C12H19N5O5S.ClH/c1-14-6-7-16-12(18)4-5-15-10-3-2-9(23(13,21)22)8-11(10)17(19)20;/h2-3,8,14-15H,4-7H2,1H3,(H,16,18)(H2,13,21,22);1H. The number of carbonyl (C=O) groups is 1. The van der Waals surface area contributed by atoms with Gasteiger partial charge in [-0.15, -0.1) is 12.4 Å². The summed E-state index contributed by atoms with van der Waals surface area (Å²) in [5.74, 6) is -0.198. The van der Waals surface area contributed by atoms with Gasteiger partial charge in [-0.1, -0.05) is 0 Å². The highest BCUT2D eigenvalue weighted by molar-refractivity contribution is 7.89. The molecule has 0 heterocycles. The second-order valence-corrected chi connectivity index (χ2v) is 6.17. The summed E-state index contributed by atoms with van der Waals surface area (Å²) in [5.41, 5.74) is -0.308. The minimum atomic E-state index is -4.02. The van der Waals surface area contributed by atoms with Crippen LogP contribution in [0.5, 0.6) is 0 Å². The molecule has 1 rings (SSSR count). The number of nitrogens with one attached hydrogen (secondary N) is 3. The lowest BCUT2D eigenvalue weighted by molar-refractivity contribution is -0.384. The number of nitro groups is 1. The Hall–Kier alpha value is -1.95. The molecule has 0 aromatic heterocycles. The fourth-order valence-electron chi connectivity index (χ4n) is 1.71. The summed E-state index contributed by atoms with van der Waals surface area (Å²) in [6, 6.07) is 3.29. The normalized spacial score (nSPS) is 10.6. The van der Waals surface area contributed by atoms with Crippen LogP contribution in [0.2, 0.25) is 0 Å². The molecule has 1 aromatic rings. The Kier molecular flexibility index (Phi) is 9.21. The molecule has 24 heavy (non-hydrogen) atoms. The number of nitrogens with zero attached hydrogens (tertiary/aromatic N) is 1. The first kappa shape index (κ1) is 22.1. The van der Waals surface area contributed by atoms with E-state index in [-0.39, 0.29) is 41.9 Å². The number of nitrogens with two attached hydrogens (primary N) is 1. The minimum Gasteiger partial charge on any atom is -0.379 e. The molecule has 1 aromatic carbocycles. The molecule has 0 fully saturated rings. The van der Waals surface area contributed by atoms with Crippen molar-refractivity contribution in [3.05, 3.63) is 28.3 Å². The number of benzene rings is 1. The van der Waals surface area contributed by atoms with E-state index in [1.807, 2.05) is 0 Å². The number of likely N-dealkylation sites (N-methyl/N-ethyl adjacent to an activating group) is 1. The number of hydrogen-bond acceptors (Lipinski definition) is 7. The average Bonchev–Trinajstić information content (AvgIpc) is 2.46. The highest BCUT2D eigenvalue weighted by Crippen LogP contribution is 2.27. The number of sulfonamides is 1. The van der Waals surface area contributed by atoms with Crippen molar-refractivity contribution in [1.82, 2.24) is 10.6 Å². The van der Waals surface area contributed by atoms with E-state index < -0.39 is 20.6 Å². The van der Waals surface area contributed by atoms with Gasteiger partial charge < -0.3 is 16.0 Å². The zero-order valence-electron chi connectivity index (χ0n) is 12.9. The van der Waals surface area contributed by atoms with Gasteiger partial charge in [-0.05, 0) is 19.2 Å². The van der Waals surface area contributed by atoms with Gasteiger partial charge in [0.1, 0.15) is 5.69 Å². The molecule has 0 spiro atoms. The highest BCUT2D eigenvalue weighted by atomic mass is 35.5. The molecule has 0 radical (unpaired) electrons. The number of hydrogen-bond donors (Lipinski definition) is 4. The van der Waals surface area contributed by atoms with Gasteiger partial charge >= 0.3 is 0 Å². The maximum atomic E-state index is 11.5. The number of carbonyl (C=O) groups excluding carboxylic acids is 1. The van der Waals surface area contributed by atoms with Crippen LogP contribution in [-0.2, 0) is 14.8 Å². The molecule has 1 amide bonds. The van der Waals surface area contributed by atoms with Crippen LogP contribution < -0.4 is 21.1 Å². The molecule has 0 aliphatic heterocycles. The number of primary sulfonamides is 1. The van der Waals surface area contributed by atoms with Gasteiger partial charge in [-0.2, -0.15) is 0 Å². The third kappa shape index (κ3) is 7.08.